The zero-order valence-corrected chi connectivity index (χ0v) is 15.9. The van der Waals surface area contributed by atoms with Crippen LogP contribution in [0.3, 0.4) is 0 Å². The quantitative estimate of drug-likeness (QED) is 0.813. The van der Waals surface area contributed by atoms with Crippen LogP contribution in [0.25, 0.3) is 10.6 Å². The Balaban J connectivity index is 1.22. The van der Waals surface area contributed by atoms with E-state index in [4.69, 9.17) is 4.98 Å². The Bertz CT molecular complexity index is 720. The molecule has 1 amide bonds. The number of carbonyl (C=O) groups excluding carboxylic acids is 1. The van der Waals surface area contributed by atoms with Crippen LogP contribution in [-0.4, -0.2) is 60.0 Å². The summed E-state index contributed by atoms with van der Waals surface area (Å²) in [5.41, 5.74) is 2.30. The zero-order chi connectivity index (χ0) is 17.8. The summed E-state index contributed by atoms with van der Waals surface area (Å²) in [7, 11) is 0. The highest BCUT2D eigenvalue weighted by molar-refractivity contribution is 7.13. The second kappa shape index (κ2) is 8.29. The first-order valence-corrected chi connectivity index (χ1v) is 10.4. The van der Waals surface area contributed by atoms with Crippen molar-refractivity contribution in [2.24, 2.45) is 5.92 Å². The van der Waals surface area contributed by atoms with Crippen molar-refractivity contribution in [1.82, 2.24) is 20.1 Å². The third-order valence-corrected chi connectivity index (χ3v) is 6.03. The van der Waals surface area contributed by atoms with Crippen LogP contribution in [0.1, 0.15) is 18.5 Å². The lowest BCUT2D eigenvalue weighted by atomic mass is 10.2. The van der Waals surface area contributed by atoms with Crippen molar-refractivity contribution >= 4 is 17.2 Å². The van der Waals surface area contributed by atoms with Crippen molar-refractivity contribution in [2.45, 2.75) is 19.4 Å². The van der Waals surface area contributed by atoms with Gasteiger partial charge < -0.3 is 10.2 Å². The van der Waals surface area contributed by atoms with Gasteiger partial charge in [-0.15, -0.1) is 11.3 Å². The highest BCUT2D eigenvalue weighted by Gasteiger charge is 2.23. The Morgan fingerprint density at radius 1 is 1.15 bits per heavy atom. The maximum absolute atomic E-state index is 12.3. The summed E-state index contributed by atoms with van der Waals surface area (Å²) < 4.78 is 0. The molecule has 0 unspecified atom stereocenters. The Kier molecular flexibility index (Phi) is 5.62. The lowest BCUT2D eigenvalue weighted by Gasteiger charge is -2.34. The summed E-state index contributed by atoms with van der Waals surface area (Å²) >= 11 is 1.70. The van der Waals surface area contributed by atoms with Crippen LogP contribution in [0.5, 0.6) is 0 Å². The van der Waals surface area contributed by atoms with E-state index in [-0.39, 0.29) is 5.91 Å². The topological polar surface area (TPSA) is 48.5 Å². The first-order valence-electron chi connectivity index (χ1n) is 9.48. The number of nitrogens with zero attached hydrogens (tertiary/aromatic N) is 3. The molecule has 4 rings (SSSR count). The highest BCUT2D eigenvalue weighted by atomic mass is 32.1. The maximum Gasteiger partial charge on any atom is 0.236 e. The van der Waals surface area contributed by atoms with Gasteiger partial charge in [-0.05, 0) is 25.3 Å². The first-order chi connectivity index (χ1) is 12.8. The second-order valence-corrected chi connectivity index (χ2v) is 8.10. The largest absolute Gasteiger partial charge is 0.339 e. The summed E-state index contributed by atoms with van der Waals surface area (Å²) in [6.45, 7) is 5.84. The van der Waals surface area contributed by atoms with Gasteiger partial charge in [0.05, 0.1) is 12.2 Å². The van der Waals surface area contributed by atoms with E-state index in [0.717, 1.165) is 55.9 Å². The molecular formula is C20H26N4OS. The lowest BCUT2D eigenvalue weighted by Crippen LogP contribution is -2.50. The van der Waals surface area contributed by atoms with Crippen molar-refractivity contribution in [3.63, 3.8) is 0 Å². The van der Waals surface area contributed by atoms with Crippen molar-refractivity contribution in [1.29, 1.82) is 0 Å². The molecule has 5 nitrogen and oxygen atoms in total. The molecule has 1 aliphatic carbocycles. The Hall–Kier alpha value is -1.76. The minimum Gasteiger partial charge on any atom is -0.339 e. The van der Waals surface area contributed by atoms with Crippen molar-refractivity contribution < 1.29 is 4.79 Å². The Morgan fingerprint density at radius 2 is 1.92 bits per heavy atom. The average Bonchev–Trinajstić information content (AvgIpc) is 3.39. The predicted molar refractivity (Wildman–Crippen MR) is 105 cm³/mol. The third-order valence-electron chi connectivity index (χ3n) is 5.09. The molecule has 1 N–H and O–H groups in total. The SMILES string of the molecule is O=C(CNCC1CC1)N1CCN(Cc2csc(-c3ccccc3)n2)CC1. The normalized spacial score (nSPS) is 18.2. The molecule has 0 radical (unpaired) electrons. The van der Waals surface area contributed by atoms with Crippen LogP contribution >= 0.6 is 11.3 Å². The zero-order valence-electron chi connectivity index (χ0n) is 15.1. The van der Waals surface area contributed by atoms with Gasteiger partial charge in [-0.25, -0.2) is 4.98 Å². The van der Waals surface area contributed by atoms with Gasteiger partial charge in [0.15, 0.2) is 0 Å². The van der Waals surface area contributed by atoms with E-state index in [1.165, 1.54) is 18.4 Å². The van der Waals surface area contributed by atoms with E-state index in [1.807, 2.05) is 23.1 Å². The van der Waals surface area contributed by atoms with Gasteiger partial charge in [0.1, 0.15) is 5.01 Å². The van der Waals surface area contributed by atoms with E-state index < -0.39 is 0 Å². The number of benzene rings is 1. The van der Waals surface area contributed by atoms with E-state index in [1.54, 1.807) is 11.3 Å². The fraction of sp³-hybridized carbons (Fsp3) is 0.500. The summed E-state index contributed by atoms with van der Waals surface area (Å²) in [5.74, 6) is 1.06. The fourth-order valence-electron chi connectivity index (χ4n) is 3.29. The highest BCUT2D eigenvalue weighted by Crippen LogP contribution is 2.27. The molecule has 2 aromatic rings. The number of thiazole rings is 1. The molecule has 2 aliphatic rings. The molecule has 2 fully saturated rings. The standard InChI is InChI=1S/C20H26N4OS/c25-19(13-21-12-16-6-7-16)24-10-8-23(9-11-24)14-18-15-26-20(22-18)17-4-2-1-3-5-17/h1-5,15-16,21H,6-14H2. The van der Waals surface area contributed by atoms with E-state index >= 15 is 0 Å². The molecule has 0 spiro atoms. The Labute approximate surface area is 159 Å². The average molecular weight is 371 g/mol. The fourth-order valence-corrected chi connectivity index (χ4v) is 4.11. The molecule has 1 saturated heterocycles. The lowest BCUT2D eigenvalue weighted by molar-refractivity contribution is -0.132. The molecule has 26 heavy (non-hydrogen) atoms. The van der Waals surface area contributed by atoms with E-state index in [2.05, 4.69) is 27.7 Å². The molecular weight excluding hydrogens is 344 g/mol. The molecule has 1 saturated carbocycles. The van der Waals surface area contributed by atoms with Crippen molar-refractivity contribution in [3.8, 4) is 10.6 Å². The monoisotopic (exact) mass is 370 g/mol. The number of hydrogen-bond donors (Lipinski definition) is 1. The minimum atomic E-state index is 0.241. The van der Waals surface area contributed by atoms with Gasteiger partial charge in [-0.1, -0.05) is 30.3 Å². The number of amides is 1. The van der Waals surface area contributed by atoms with Crippen molar-refractivity contribution in [2.75, 3.05) is 39.3 Å². The molecule has 1 aromatic heterocycles. The summed E-state index contributed by atoms with van der Waals surface area (Å²) in [6, 6.07) is 10.3. The maximum atomic E-state index is 12.3. The molecule has 0 atom stereocenters. The van der Waals surface area contributed by atoms with Gasteiger partial charge in [0.2, 0.25) is 5.91 Å². The van der Waals surface area contributed by atoms with E-state index in [0.29, 0.717) is 6.54 Å². The predicted octanol–water partition coefficient (Wildman–Crippen LogP) is 2.45. The van der Waals surface area contributed by atoms with Crippen LogP contribution in [0.15, 0.2) is 35.7 Å². The number of rotatable bonds is 7. The molecule has 2 heterocycles. The van der Waals surface area contributed by atoms with E-state index in [9.17, 15) is 4.79 Å². The molecule has 1 aliphatic heterocycles. The van der Waals surface area contributed by atoms with Crippen molar-refractivity contribution in [3.05, 3.63) is 41.4 Å². The van der Waals surface area contributed by atoms with Gasteiger partial charge in [0, 0.05) is 43.7 Å². The van der Waals surface area contributed by atoms with Crippen LogP contribution in [0.4, 0.5) is 0 Å². The van der Waals surface area contributed by atoms with Crippen LogP contribution in [0.2, 0.25) is 0 Å². The van der Waals surface area contributed by atoms with Crippen LogP contribution in [0, 0.1) is 5.92 Å². The number of aromatic nitrogens is 1. The minimum absolute atomic E-state index is 0.241. The molecule has 6 heteroatoms. The Morgan fingerprint density at radius 3 is 2.65 bits per heavy atom. The molecule has 138 valence electrons. The summed E-state index contributed by atoms with van der Waals surface area (Å²) in [6.07, 6.45) is 2.64. The van der Waals surface area contributed by atoms with Crippen LogP contribution < -0.4 is 5.32 Å². The third kappa shape index (κ3) is 4.69. The number of piperazine rings is 1. The second-order valence-electron chi connectivity index (χ2n) is 7.24. The molecule has 1 aromatic carbocycles. The van der Waals surface area contributed by atoms with Crippen LogP contribution in [-0.2, 0) is 11.3 Å². The summed E-state index contributed by atoms with van der Waals surface area (Å²) in [5, 5.41) is 6.53. The van der Waals surface area contributed by atoms with Gasteiger partial charge >= 0.3 is 0 Å². The van der Waals surface area contributed by atoms with Gasteiger partial charge in [-0.3, -0.25) is 9.69 Å². The molecule has 0 bridgehead atoms. The van der Waals surface area contributed by atoms with Gasteiger partial charge in [-0.2, -0.15) is 0 Å². The van der Waals surface area contributed by atoms with Gasteiger partial charge in [0.25, 0.3) is 0 Å². The smallest absolute Gasteiger partial charge is 0.236 e. The number of nitrogens with one attached hydrogen (secondary N) is 1. The number of hydrogen-bond acceptors (Lipinski definition) is 5. The summed E-state index contributed by atoms with van der Waals surface area (Å²) in [4.78, 5) is 21.4. The first kappa shape index (κ1) is 17.6. The number of carbonyl (C=O) groups is 1.